The fraction of sp³-hybridized carbons (Fsp3) is 0.711. The molecule has 586 valence electrons. The van der Waals surface area contributed by atoms with Gasteiger partial charge >= 0.3 is 39.5 Å². The molecule has 0 bridgehead atoms. The molecule has 0 fully saturated rings. The first-order chi connectivity index (χ1) is 49.7. The van der Waals surface area contributed by atoms with Gasteiger partial charge in [-0.3, -0.25) is 37.3 Å². The predicted octanol–water partition coefficient (Wildman–Crippen LogP) is 23.1. The van der Waals surface area contributed by atoms with E-state index in [-0.39, 0.29) is 25.7 Å². The summed E-state index contributed by atoms with van der Waals surface area (Å²) < 4.78 is 68.4. The molecule has 0 aliphatic heterocycles. The summed E-state index contributed by atoms with van der Waals surface area (Å²) in [6, 6.07) is 0. The monoisotopic (exact) mass is 1470 g/mol. The van der Waals surface area contributed by atoms with Crippen molar-refractivity contribution in [3.8, 4) is 0 Å². The van der Waals surface area contributed by atoms with Crippen molar-refractivity contribution in [2.75, 3.05) is 39.6 Å². The van der Waals surface area contributed by atoms with E-state index in [0.717, 1.165) is 154 Å². The van der Waals surface area contributed by atoms with Crippen LogP contribution in [0, 0.1) is 0 Å². The molecule has 102 heavy (non-hydrogen) atoms. The number of carbonyl (C=O) groups excluding carboxylic acids is 4. The van der Waals surface area contributed by atoms with Crippen LogP contribution < -0.4 is 0 Å². The van der Waals surface area contributed by atoms with E-state index >= 15 is 0 Å². The number of rotatable bonds is 74. The molecule has 0 aromatic carbocycles. The van der Waals surface area contributed by atoms with Crippen LogP contribution in [0.15, 0.2) is 122 Å². The van der Waals surface area contributed by atoms with Gasteiger partial charge in [0.2, 0.25) is 0 Å². The largest absolute Gasteiger partial charge is 0.472 e. The SMILES string of the molecule is CC/C=C\C/C=C\C/C=C\C/C=C\C/C=C\C/C=C\CCC(=O)OCC(COP(=O)(O)OCC(O)COP(=O)(O)OCC(COC(=O)CCCCCCC/C=C\CCCCCC)OC(=O)CCCCCCCCCCCCC)OC(=O)CCCCCCCC/C=C\C/C=C\C/C=C\CCCCC. The molecule has 0 spiro atoms. The Morgan fingerprint density at radius 3 is 0.882 bits per heavy atom. The van der Waals surface area contributed by atoms with Gasteiger partial charge in [0, 0.05) is 25.7 Å². The topological polar surface area (TPSA) is 237 Å². The van der Waals surface area contributed by atoms with Crippen molar-refractivity contribution in [2.45, 2.75) is 341 Å². The number of ether oxygens (including phenoxy) is 4. The first kappa shape index (κ1) is 97.5. The van der Waals surface area contributed by atoms with E-state index < -0.39 is 97.5 Å². The van der Waals surface area contributed by atoms with Gasteiger partial charge in [0.15, 0.2) is 12.2 Å². The Morgan fingerprint density at radius 1 is 0.284 bits per heavy atom. The molecule has 19 heteroatoms. The van der Waals surface area contributed by atoms with Crippen molar-refractivity contribution in [3.05, 3.63) is 122 Å². The molecule has 3 N–H and O–H groups in total. The molecule has 0 aliphatic rings. The normalized spacial score (nSPS) is 14.5. The molecule has 0 aliphatic carbocycles. The highest BCUT2D eigenvalue weighted by molar-refractivity contribution is 7.47. The summed E-state index contributed by atoms with van der Waals surface area (Å²) in [7, 11) is -9.98. The second-order valence-electron chi connectivity index (χ2n) is 26.3. The number of allylic oxidation sites excluding steroid dienone is 20. The van der Waals surface area contributed by atoms with E-state index in [9.17, 15) is 43.2 Å². The minimum atomic E-state index is -5.00. The number of hydrogen-bond donors (Lipinski definition) is 3. The lowest BCUT2D eigenvalue weighted by Crippen LogP contribution is -2.30. The lowest BCUT2D eigenvalue weighted by atomic mass is 10.1. The summed E-state index contributed by atoms with van der Waals surface area (Å²) in [6.07, 6.45) is 82.0. The summed E-state index contributed by atoms with van der Waals surface area (Å²) in [5, 5.41) is 10.6. The number of esters is 4. The van der Waals surface area contributed by atoms with Gasteiger partial charge in [-0.2, -0.15) is 0 Å². The Kier molecular flexibility index (Phi) is 71.4. The smallest absolute Gasteiger partial charge is 0.462 e. The van der Waals surface area contributed by atoms with E-state index in [4.69, 9.17) is 37.0 Å². The fourth-order valence-electron chi connectivity index (χ4n) is 10.4. The van der Waals surface area contributed by atoms with Gasteiger partial charge in [0.25, 0.3) is 0 Å². The molecule has 0 radical (unpaired) electrons. The van der Waals surface area contributed by atoms with Crippen LogP contribution >= 0.6 is 15.6 Å². The molecular weight excluding hydrogens is 1330 g/mol. The summed E-state index contributed by atoms with van der Waals surface area (Å²) >= 11 is 0. The van der Waals surface area contributed by atoms with Gasteiger partial charge in [-0.05, 0) is 128 Å². The molecule has 0 saturated carbocycles. The van der Waals surface area contributed by atoms with E-state index in [0.29, 0.717) is 32.1 Å². The second kappa shape index (κ2) is 74.7. The highest BCUT2D eigenvalue weighted by Gasteiger charge is 2.30. The maximum Gasteiger partial charge on any atom is 0.472 e. The number of unbranched alkanes of at least 4 members (excludes halogenated alkanes) is 28. The summed E-state index contributed by atoms with van der Waals surface area (Å²) in [6.45, 7) is 4.62. The standard InChI is InChI=1S/C83H142O17P2/c1-5-9-13-17-21-25-29-32-34-36-38-40-42-45-49-52-56-60-64-68-81(86)94-74-79(100-83(88)70-66-62-58-54-50-46-43-41-39-37-35-33-30-26-22-18-14-10-6-2)76-98-102(91,92)96-72-77(84)71-95-101(89,90)97-75-78(99-82(87)69-65-61-57-53-47-28-24-20-16-12-8-4)73-93-80(85)67-63-59-55-51-48-44-31-27-23-19-15-11-7-3/h9,13,21-22,25-27,31-35,38-41,45,49,56,60,77-79,84H,5-8,10-12,14-20,23-24,28-30,36-37,42-44,46-48,50-55,57-59,61-76H2,1-4H3,(H,89,90)(H,91,92)/b13-9-,25-21-,26-22-,31-27-,34-32-,35-33-,40-38-,41-39-,49-45-,60-56-. The van der Waals surface area contributed by atoms with Gasteiger partial charge < -0.3 is 33.8 Å². The van der Waals surface area contributed by atoms with E-state index in [1.807, 2.05) is 18.2 Å². The molecular formula is C83H142O17P2. The van der Waals surface area contributed by atoms with Crippen LogP contribution in [0.5, 0.6) is 0 Å². The van der Waals surface area contributed by atoms with Crippen LogP contribution in [-0.2, 0) is 65.4 Å². The van der Waals surface area contributed by atoms with Crippen molar-refractivity contribution >= 4 is 39.5 Å². The predicted molar refractivity (Wildman–Crippen MR) is 418 cm³/mol. The zero-order valence-corrected chi connectivity index (χ0v) is 65.8. The third-order valence-corrected chi connectivity index (χ3v) is 18.3. The average Bonchev–Trinajstić information content (AvgIpc) is 0.940. The lowest BCUT2D eigenvalue weighted by Gasteiger charge is -2.21. The van der Waals surface area contributed by atoms with Crippen LogP contribution in [0.25, 0.3) is 0 Å². The first-order valence-corrected chi connectivity index (χ1v) is 42.8. The van der Waals surface area contributed by atoms with Crippen molar-refractivity contribution in [3.63, 3.8) is 0 Å². The van der Waals surface area contributed by atoms with Gasteiger partial charge in [0.1, 0.15) is 19.3 Å². The van der Waals surface area contributed by atoms with Crippen LogP contribution in [0.4, 0.5) is 0 Å². The molecule has 0 heterocycles. The highest BCUT2D eigenvalue weighted by Crippen LogP contribution is 2.45. The van der Waals surface area contributed by atoms with Gasteiger partial charge in [-0.15, -0.1) is 0 Å². The molecule has 0 aromatic heterocycles. The van der Waals surface area contributed by atoms with Crippen LogP contribution in [0.1, 0.15) is 323 Å². The van der Waals surface area contributed by atoms with Crippen molar-refractivity contribution in [1.29, 1.82) is 0 Å². The third-order valence-electron chi connectivity index (χ3n) is 16.4. The average molecular weight is 1470 g/mol. The second-order valence-corrected chi connectivity index (χ2v) is 29.2. The molecule has 0 aromatic rings. The molecule has 0 saturated heterocycles. The van der Waals surface area contributed by atoms with E-state index in [2.05, 4.69) is 131 Å². The molecule has 17 nitrogen and oxygen atoms in total. The Hall–Kier alpha value is -4.54. The maximum absolute atomic E-state index is 13.1. The summed E-state index contributed by atoms with van der Waals surface area (Å²) in [5.74, 6) is -2.29. The Morgan fingerprint density at radius 2 is 0.529 bits per heavy atom. The maximum atomic E-state index is 13.1. The number of phosphoric acid groups is 2. The fourth-order valence-corrected chi connectivity index (χ4v) is 11.9. The number of carbonyl (C=O) groups is 4. The number of phosphoric ester groups is 2. The van der Waals surface area contributed by atoms with E-state index in [1.54, 1.807) is 0 Å². The molecule has 0 amide bonds. The molecule has 5 atom stereocenters. The quantitative estimate of drug-likeness (QED) is 0.0169. The molecule has 0 rings (SSSR count). The van der Waals surface area contributed by atoms with Gasteiger partial charge in [-0.1, -0.05) is 290 Å². The van der Waals surface area contributed by atoms with Crippen LogP contribution in [0.3, 0.4) is 0 Å². The van der Waals surface area contributed by atoms with Gasteiger partial charge in [0.05, 0.1) is 26.4 Å². The van der Waals surface area contributed by atoms with Gasteiger partial charge in [-0.25, -0.2) is 9.13 Å². The van der Waals surface area contributed by atoms with Crippen molar-refractivity contribution in [1.82, 2.24) is 0 Å². The Bertz CT molecular complexity index is 2410. The number of hydrogen-bond acceptors (Lipinski definition) is 15. The summed E-state index contributed by atoms with van der Waals surface area (Å²) in [4.78, 5) is 72.9. The minimum absolute atomic E-state index is 0.0311. The van der Waals surface area contributed by atoms with E-state index in [1.165, 1.54) is 83.5 Å². The highest BCUT2D eigenvalue weighted by atomic mass is 31.2. The zero-order valence-electron chi connectivity index (χ0n) is 64.0. The zero-order chi connectivity index (χ0) is 74.6. The number of aliphatic hydroxyl groups excluding tert-OH is 1. The molecule has 5 unspecified atom stereocenters. The van der Waals surface area contributed by atoms with Crippen molar-refractivity contribution < 1.29 is 80.2 Å². The summed E-state index contributed by atoms with van der Waals surface area (Å²) in [5.41, 5.74) is 0. The number of aliphatic hydroxyl groups is 1. The Balaban J connectivity index is 5.42. The lowest BCUT2D eigenvalue weighted by molar-refractivity contribution is -0.161. The van der Waals surface area contributed by atoms with Crippen molar-refractivity contribution in [2.24, 2.45) is 0 Å². The first-order valence-electron chi connectivity index (χ1n) is 39.8. The Labute approximate surface area is 619 Å². The minimum Gasteiger partial charge on any atom is -0.462 e. The van der Waals surface area contributed by atoms with Crippen LogP contribution in [-0.4, -0.2) is 96.7 Å². The third kappa shape index (κ3) is 73.8. The van der Waals surface area contributed by atoms with Crippen LogP contribution in [0.2, 0.25) is 0 Å².